The fourth-order valence-electron chi connectivity index (χ4n) is 8.93. The lowest BCUT2D eigenvalue weighted by Crippen LogP contribution is -2.62. The molecule has 1 spiro atoms. The molecule has 3 unspecified atom stereocenters. The molecule has 3 heterocycles. The first kappa shape index (κ1) is 35.0. The molecule has 3 fully saturated rings. The number of benzene rings is 2. The van der Waals surface area contributed by atoms with E-state index in [1.165, 1.54) is 0 Å². The van der Waals surface area contributed by atoms with E-state index >= 15 is 9.59 Å². The summed E-state index contributed by atoms with van der Waals surface area (Å²) in [5, 5.41) is 10.9. The molecule has 0 saturated carbocycles. The van der Waals surface area contributed by atoms with Crippen molar-refractivity contribution in [1.29, 1.82) is 0 Å². The standard InChI is InChI=1S/C39H51N3O4S/c1-9-21-40(28-19-15-12-16-20-28)34(44)31-30-23-26(3)39(47-30)32(31)35(45)42(29(24-43)27-17-13-11-14-18-27)33(39)36(46)41(22-10-2)38(7,8)25-37(4,5)6/h9-20,26,29-33,43H,1-2,21-25H2,3-8H3/t26?,29-,30-,31+,32+,33?,39?/m1/s1. The third-order valence-electron chi connectivity index (χ3n) is 10.3. The highest BCUT2D eigenvalue weighted by Gasteiger charge is 2.77. The van der Waals surface area contributed by atoms with Gasteiger partial charge in [0.2, 0.25) is 17.7 Å². The average molecular weight is 658 g/mol. The molecule has 2 bridgehead atoms. The van der Waals surface area contributed by atoms with Crippen LogP contribution in [-0.4, -0.2) is 73.9 Å². The summed E-state index contributed by atoms with van der Waals surface area (Å²) >= 11 is 1.66. The molecular weight excluding hydrogens is 607 g/mol. The fraction of sp³-hybridized carbons (Fsp3) is 0.513. The third-order valence-corrected chi connectivity index (χ3v) is 12.4. The van der Waals surface area contributed by atoms with Crippen LogP contribution < -0.4 is 4.90 Å². The second-order valence-corrected chi connectivity index (χ2v) is 16.8. The van der Waals surface area contributed by atoms with Crippen LogP contribution in [0, 0.1) is 23.2 Å². The number of carbonyl (C=O) groups is 3. The molecule has 2 aromatic carbocycles. The van der Waals surface area contributed by atoms with Gasteiger partial charge in [-0.1, -0.05) is 88.4 Å². The maximum absolute atomic E-state index is 15.4. The minimum Gasteiger partial charge on any atom is -0.394 e. The molecule has 2 aromatic rings. The Hall–Kier alpha value is -3.36. The molecule has 47 heavy (non-hydrogen) atoms. The lowest BCUT2D eigenvalue weighted by Gasteiger charge is -2.47. The summed E-state index contributed by atoms with van der Waals surface area (Å²) in [6.45, 7) is 21.0. The minimum atomic E-state index is -0.871. The summed E-state index contributed by atoms with van der Waals surface area (Å²) in [7, 11) is 0. The first-order valence-electron chi connectivity index (χ1n) is 16.8. The Kier molecular flexibility index (Phi) is 9.87. The number of fused-ring (bicyclic) bond motifs is 1. The molecule has 0 aliphatic carbocycles. The smallest absolute Gasteiger partial charge is 0.247 e. The minimum absolute atomic E-state index is 0.00884. The number of nitrogens with zero attached hydrogens (tertiary/aromatic N) is 3. The summed E-state index contributed by atoms with van der Waals surface area (Å²) in [5.41, 5.74) is 0.891. The van der Waals surface area contributed by atoms with Gasteiger partial charge in [0.15, 0.2) is 0 Å². The highest BCUT2D eigenvalue weighted by Crippen LogP contribution is 2.69. The molecule has 0 radical (unpaired) electrons. The first-order chi connectivity index (χ1) is 22.2. The predicted octanol–water partition coefficient (Wildman–Crippen LogP) is 6.51. The van der Waals surface area contributed by atoms with Crippen molar-refractivity contribution in [3.05, 3.63) is 91.5 Å². The molecule has 3 aliphatic rings. The highest BCUT2D eigenvalue weighted by molar-refractivity contribution is 8.02. The van der Waals surface area contributed by atoms with E-state index in [2.05, 4.69) is 54.7 Å². The van der Waals surface area contributed by atoms with E-state index in [1.54, 1.807) is 33.7 Å². The monoisotopic (exact) mass is 657 g/mol. The van der Waals surface area contributed by atoms with E-state index in [0.29, 0.717) is 13.1 Å². The van der Waals surface area contributed by atoms with Gasteiger partial charge in [-0.25, -0.2) is 0 Å². The van der Waals surface area contributed by atoms with Crippen molar-refractivity contribution in [2.75, 3.05) is 24.6 Å². The predicted molar refractivity (Wildman–Crippen MR) is 191 cm³/mol. The quantitative estimate of drug-likeness (QED) is 0.264. The number of aliphatic hydroxyl groups excluding tert-OH is 1. The number of hydrogen-bond acceptors (Lipinski definition) is 5. The number of aliphatic hydroxyl groups is 1. The van der Waals surface area contributed by atoms with E-state index in [-0.39, 0.29) is 40.9 Å². The Balaban J connectivity index is 1.67. The zero-order chi connectivity index (χ0) is 34.3. The molecule has 5 rings (SSSR count). The maximum Gasteiger partial charge on any atom is 0.247 e. The molecule has 0 aromatic heterocycles. The summed E-state index contributed by atoms with van der Waals surface area (Å²) < 4.78 is -0.838. The molecule has 1 N–H and O–H groups in total. The van der Waals surface area contributed by atoms with Crippen molar-refractivity contribution in [3.63, 3.8) is 0 Å². The van der Waals surface area contributed by atoms with Gasteiger partial charge in [0.25, 0.3) is 0 Å². The van der Waals surface area contributed by atoms with E-state index < -0.39 is 34.2 Å². The maximum atomic E-state index is 15.4. The van der Waals surface area contributed by atoms with Gasteiger partial charge in [-0.15, -0.1) is 24.9 Å². The van der Waals surface area contributed by atoms with Crippen LogP contribution in [0.25, 0.3) is 0 Å². The van der Waals surface area contributed by atoms with Gasteiger partial charge in [-0.05, 0) is 55.7 Å². The largest absolute Gasteiger partial charge is 0.394 e. The Labute approximate surface area is 285 Å². The molecule has 252 valence electrons. The molecule has 3 aliphatic heterocycles. The zero-order valence-corrected chi connectivity index (χ0v) is 29.6. The SMILES string of the molecule is C=CCN(C(=O)[C@@H]1[C@H]2C(=O)N([C@H](CO)c3ccccc3)C(C(=O)N(CC=C)C(C)(C)CC(C)(C)C)C23S[C@@H]1CC3C)c1ccccc1. The summed E-state index contributed by atoms with van der Waals surface area (Å²) in [6.07, 6.45) is 4.92. The molecule has 7 nitrogen and oxygen atoms in total. The van der Waals surface area contributed by atoms with Crippen LogP contribution in [0.1, 0.15) is 66.0 Å². The van der Waals surface area contributed by atoms with Crippen molar-refractivity contribution < 1.29 is 19.5 Å². The summed E-state index contributed by atoms with van der Waals surface area (Å²) in [5.74, 6) is -1.84. The van der Waals surface area contributed by atoms with Gasteiger partial charge in [0.05, 0.1) is 29.2 Å². The number of carbonyl (C=O) groups excluding carboxylic acids is 3. The van der Waals surface area contributed by atoms with Gasteiger partial charge in [-0.3, -0.25) is 14.4 Å². The third kappa shape index (κ3) is 6.08. The fourth-order valence-corrected chi connectivity index (χ4v) is 11.3. The van der Waals surface area contributed by atoms with Crippen LogP contribution in [0.5, 0.6) is 0 Å². The van der Waals surface area contributed by atoms with Gasteiger partial charge in [-0.2, -0.15) is 0 Å². The lowest BCUT2D eigenvalue weighted by molar-refractivity contribution is -0.149. The Morgan fingerprint density at radius 2 is 1.60 bits per heavy atom. The normalized spacial score (nSPS) is 27.3. The number of anilines is 1. The van der Waals surface area contributed by atoms with Crippen LogP contribution >= 0.6 is 11.8 Å². The highest BCUT2D eigenvalue weighted by atomic mass is 32.2. The topological polar surface area (TPSA) is 81.2 Å². The van der Waals surface area contributed by atoms with Crippen molar-refractivity contribution in [1.82, 2.24) is 9.80 Å². The van der Waals surface area contributed by atoms with Crippen LogP contribution in [0.2, 0.25) is 0 Å². The van der Waals surface area contributed by atoms with Gasteiger partial charge < -0.3 is 19.8 Å². The number of likely N-dealkylation sites (tertiary alicyclic amines) is 1. The van der Waals surface area contributed by atoms with Crippen molar-refractivity contribution in [3.8, 4) is 0 Å². The van der Waals surface area contributed by atoms with Crippen molar-refractivity contribution in [2.24, 2.45) is 23.2 Å². The Morgan fingerprint density at radius 3 is 2.15 bits per heavy atom. The first-order valence-corrected chi connectivity index (χ1v) is 17.7. The molecule has 7 atom stereocenters. The van der Waals surface area contributed by atoms with Crippen LogP contribution in [0.4, 0.5) is 5.69 Å². The Bertz CT molecular complexity index is 1490. The second kappa shape index (κ2) is 13.3. The van der Waals surface area contributed by atoms with Gasteiger partial charge >= 0.3 is 0 Å². The number of thioether (sulfide) groups is 1. The number of para-hydroxylation sites is 1. The molecule has 3 saturated heterocycles. The number of amides is 3. The average Bonchev–Trinajstić information content (AvgIpc) is 3.62. The van der Waals surface area contributed by atoms with Crippen LogP contribution in [0.15, 0.2) is 86.0 Å². The van der Waals surface area contributed by atoms with E-state index in [9.17, 15) is 9.90 Å². The van der Waals surface area contributed by atoms with Crippen molar-refractivity contribution >= 4 is 35.2 Å². The van der Waals surface area contributed by atoms with E-state index in [0.717, 1.165) is 24.1 Å². The number of hydrogen-bond donors (Lipinski definition) is 1. The second-order valence-electron chi connectivity index (χ2n) is 15.3. The van der Waals surface area contributed by atoms with Gasteiger partial charge in [0, 0.05) is 29.6 Å². The van der Waals surface area contributed by atoms with E-state index in [4.69, 9.17) is 0 Å². The summed E-state index contributed by atoms with van der Waals surface area (Å²) in [4.78, 5) is 50.4. The van der Waals surface area contributed by atoms with Crippen LogP contribution in [-0.2, 0) is 14.4 Å². The van der Waals surface area contributed by atoms with Gasteiger partial charge in [0.1, 0.15) is 6.04 Å². The zero-order valence-electron chi connectivity index (χ0n) is 28.8. The molecule has 3 amide bonds. The van der Waals surface area contributed by atoms with Crippen molar-refractivity contribution in [2.45, 2.75) is 82.0 Å². The summed E-state index contributed by atoms with van der Waals surface area (Å²) in [6, 6.07) is 17.3. The van der Waals surface area contributed by atoms with E-state index in [1.807, 2.05) is 65.6 Å². The number of rotatable bonds is 12. The Morgan fingerprint density at radius 1 is 1.00 bits per heavy atom. The lowest BCUT2D eigenvalue weighted by atomic mass is 9.65. The molecular formula is C39H51N3O4S. The van der Waals surface area contributed by atoms with Crippen LogP contribution in [0.3, 0.4) is 0 Å². The molecule has 8 heteroatoms.